The summed E-state index contributed by atoms with van der Waals surface area (Å²) in [5, 5.41) is 20.7. The van der Waals surface area contributed by atoms with Gasteiger partial charge in [-0.25, -0.2) is 0 Å². The van der Waals surface area contributed by atoms with E-state index < -0.39 is 12.6 Å². The van der Waals surface area contributed by atoms with E-state index >= 15 is 0 Å². The topological polar surface area (TPSA) is 71.8 Å². The summed E-state index contributed by atoms with van der Waals surface area (Å²) in [5.41, 5.74) is 3.83. The van der Waals surface area contributed by atoms with Crippen molar-refractivity contribution in [3.05, 3.63) is 54.2 Å². The minimum atomic E-state index is -0.810. The monoisotopic (exact) mass is 395 g/mol. The van der Waals surface area contributed by atoms with Crippen molar-refractivity contribution in [3.63, 3.8) is 0 Å². The first kappa shape index (κ1) is 21.1. The summed E-state index contributed by atoms with van der Waals surface area (Å²) in [6, 6.07) is 13.2. The number of nitrogens with zero attached hydrogens (tertiary/aromatic N) is 1. The Balaban J connectivity index is 1.85. The fourth-order valence-corrected chi connectivity index (χ4v) is 3.36. The molecule has 5 heteroatoms. The molecular formula is C24H29NO4. The summed E-state index contributed by atoms with van der Waals surface area (Å²) >= 11 is 0. The van der Waals surface area contributed by atoms with Crippen LogP contribution in [0.5, 0.6) is 11.5 Å². The molecule has 2 atom stereocenters. The van der Waals surface area contributed by atoms with Crippen molar-refractivity contribution in [2.75, 3.05) is 0 Å². The molecule has 0 amide bonds. The second-order valence-corrected chi connectivity index (χ2v) is 7.26. The molecule has 2 N–H and O–H groups in total. The molecule has 0 saturated heterocycles. The number of ether oxygens (including phenoxy) is 2. The van der Waals surface area contributed by atoms with Crippen LogP contribution >= 0.6 is 0 Å². The minimum absolute atomic E-state index is 0.203. The quantitative estimate of drug-likeness (QED) is 0.464. The van der Waals surface area contributed by atoms with Gasteiger partial charge in [-0.1, -0.05) is 32.8 Å². The number of rotatable bonds is 9. The standard InChI is InChI=1S/C24H29NO4/c1-4-6-23(27)29-24(7-5-2)28-22-11-8-17(14-16(22)3)19-12-13-25-21-15-18(26)9-10-20(19)21/h8-15,23-24,26-27H,4-7H2,1-3H3. The summed E-state index contributed by atoms with van der Waals surface area (Å²) in [4.78, 5) is 4.35. The van der Waals surface area contributed by atoms with Crippen molar-refractivity contribution in [1.82, 2.24) is 4.98 Å². The molecule has 2 aromatic carbocycles. The molecule has 1 aromatic heterocycles. The lowest BCUT2D eigenvalue weighted by Crippen LogP contribution is -2.27. The molecule has 0 spiro atoms. The number of aliphatic hydroxyl groups excluding tert-OH is 1. The predicted molar refractivity (Wildman–Crippen MR) is 115 cm³/mol. The maximum atomic E-state index is 9.98. The van der Waals surface area contributed by atoms with Crippen LogP contribution in [0.3, 0.4) is 0 Å². The van der Waals surface area contributed by atoms with Gasteiger partial charge < -0.3 is 19.7 Å². The van der Waals surface area contributed by atoms with E-state index in [4.69, 9.17) is 9.47 Å². The molecule has 0 aliphatic heterocycles. The van der Waals surface area contributed by atoms with Crippen LogP contribution in [-0.4, -0.2) is 27.8 Å². The first-order valence-electron chi connectivity index (χ1n) is 10.2. The molecule has 0 fully saturated rings. The summed E-state index contributed by atoms with van der Waals surface area (Å²) in [6.07, 6.45) is 3.51. The van der Waals surface area contributed by atoms with Gasteiger partial charge in [-0.2, -0.15) is 0 Å². The van der Waals surface area contributed by atoms with Crippen LogP contribution in [0.15, 0.2) is 48.7 Å². The Labute approximate surface area is 171 Å². The third-order valence-corrected chi connectivity index (χ3v) is 4.84. The highest BCUT2D eigenvalue weighted by molar-refractivity contribution is 5.95. The van der Waals surface area contributed by atoms with E-state index in [-0.39, 0.29) is 5.75 Å². The van der Waals surface area contributed by atoms with Crippen LogP contribution in [0.4, 0.5) is 0 Å². The van der Waals surface area contributed by atoms with Crippen molar-refractivity contribution in [3.8, 4) is 22.6 Å². The van der Waals surface area contributed by atoms with E-state index in [1.54, 1.807) is 18.3 Å². The second-order valence-electron chi connectivity index (χ2n) is 7.26. The number of aromatic hydroxyl groups is 1. The first-order valence-corrected chi connectivity index (χ1v) is 10.2. The van der Waals surface area contributed by atoms with Gasteiger partial charge in [0, 0.05) is 24.1 Å². The summed E-state index contributed by atoms with van der Waals surface area (Å²) in [5.74, 6) is 0.946. The molecule has 154 valence electrons. The van der Waals surface area contributed by atoms with Gasteiger partial charge in [-0.15, -0.1) is 0 Å². The van der Waals surface area contributed by atoms with Crippen molar-refractivity contribution < 1.29 is 19.7 Å². The predicted octanol–water partition coefficient (Wildman–Crippen LogP) is 5.56. The molecule has 0 aliphatic rings. The smallest absolute Gasteiger partial charge is 0.202 e. The Morgan fingerprint density at radius 3 is 2.52 bits per heavy atom. The Hall–Kier alpha value is -2.63. The van der Waals surface area contributed by atoms with Crippen LogP contribution in [0, 0.1) is 6.92 Å². The highest BCUT2D eigenvalue weighted by atomic mass is 16.7. The number of phenolic OH excluding ortho intramolecular Hbond substituents is 1. The minimum Gasteiger partial charge on any atom is -0.508 e. The number of phenols is 1. The van der Waals surface area contributed by atoms with Gasteiger partial charge >= 0.3 is 0 Å². The van der Waals surface area contributed by atoms with Crippen molar-refractivity contribution >= 4 is 10.9 Å². The Morgan fingerprint density at radius 2 is 1.79 bits per heavy atom. The number of pyridine rings is 1. The van der Waals surface area contributed by atoms with E-state index in [0.717, 1.165) is 46.2 Å². The molecule has 2 unspecified atom stereocenters. The third-order valence-electron chi connectivity index (χ3n) is 4.84. The SMILES string of the molecule is CCCC(O)OC(CCC)Oc1ccc(-c2ccnc3cc(O)ccc23)cc1C. The number of fused-ring (bicyclic) bond motifs is 1. The number of aryl methyl sites for hydroxylation is 1. The summed E-state index contributed by atoms with van der Waals surface area (Å²) < 4.78 is 11.7. The van der Waals surface area contributed by atoms with Gasteiger partial charge in [-0.05, 0) is 60.4 Å². The third kappa shape index (κ3) is 5.25. The van der Waals surface area contributed by atoms with Crippen molar-refractivity contribution in [1.29, 1.82) is 0 Å². The highest BCUT2D eigenvalue weighted by Gasteiger charge is 2.17. The van der Waals surface area contributed by atoms with Crippen LogP contribution in [0.1, 0.15) is 45.1 Å². The summed E-state index contributed by atoms with van der Waals surface area (Å²) in [6.45, 7) is 6.07. The lowest BCUT2D eigenvalue weighted by molar-refractivity contribution is -0.200. The molecule has 0 saturated carbocycles. The second kappa shape index (κ2) is 9.72. The van der Waals surface area contributed by atoms with Gasteiger partial charge in [0.25, 0.3) is 0 Å². The summed E-state index contributed by atoms with van der Waals surface area (Å²) in [7, 11) is 0. The van der Waals surface area contributed by atoms with Crippen molar-refractivity contribution in [2.45, 2.75) is 59.0 Å². The normalized spacial score (nSPS) is 13.4. The average molecular weight is 395 g/mol. The van der Waals surface area contributed by atoms with E-state index in [1.807, 2.05) is 38.1 Å². The van der Waals surface area contributed by atoms with E-state index in [2.05, 4.69) is 18.0 Å². The molecule has 0 bridgehead atoms. The van der Waals surface area contributed by atoms with Gasteiger partial charge in [0.05, 0.1) is 5.52 Å². The average Bonchev–Trinajstić information content (AvgIpc) is 2.69. The number of aromatic nitrogens is 1. The van der Waals surface area contributed by atoms with Crippen molar-refractivity contribution in [2.24, 2.45) is 0 Å². The van der Waals surface area contributed by atoms with Crippen LogP contribution in [-0.2, 0) is 4.74 Å². The fourth-order valence-electron chi connectivity index (χ4n) is 3.36. The molecule has 0 radical (unpaired) electrons. The number of hydrogen-bond acceptors (Lipinski definition) is 5. The van der Waals surface area contributed by atoms with Crippen LogP contribution < -0.4 is 4.74 Å². The molecule has 3 aromatic rings. The number of aliphatic hydroxyl groups is 1. The lowest BCUT2D eigenvalue weighted by atomic mass is 9.99. The Kier molecular flexibility index (Phi) is 7.07. The van der Waals surface area contributed by atoms with Gasteiger partial charge in [0.2, 0.25) is 6.29 Å². The number of benzene rings is 2. The Bertz CT molecular complexity index is 957. The molecule has 29 heavy (non-hydrogen) atoms. The van der Waals surface area contributed by atoms with Crippen LogP contribution in [0.2, 0.25) is 0 Å². The molecule has 3 rings (SSSR count). The van der Waals surface area contributed by atoms with Gasteiger partial charge in [0.15, 0.2) is 6.29 Å². The Morgan fingerprint density at radius 1 is 1.00 bits per heavy atom. The van der Waals surface area contributed by atoms with E-state index in [1.165, 1.54) is 0 Å². The van der Waals surface area contributed by atoms with Gasteiger partial charge in [0.1, 0.15) is 11.5 Å². The first-order chi connectivity index (χ1) is 14.0. The van der Waals surface area contributed by atoms with E-state index in [9.17, 15) is 10.2 Å². The molecule has 1 heterocycles. The maximum absolute atomic E-state index is 9.98. The zero-order chi connectivity index (χ0) is 20.8. The highest BCUT2D eigenvalue weighted by Crippen LogP contribution is 2.32. The zero-order valence-electron chi connectivity index (χ0n) is 17.3. The lowest BCUT2D eigenvalue weighted by Gasteiger charge is -2.23. The van der Waals surface area contributed by atoms with Crippen LogP contribution in [0.25, 0.3) is 22.0 Å². The largest absolute Gasteiger partial charge is 0.508 e. The maximum Gasteiger partial charge on any atom is 0.202 e. The van der Waals surface area contributed by atoms with Gasteiger partial charge in [-0.3, -0.25) is 4.98 Å². The van der Waals surface area contributed by atoms with E-state index in [0.29, 0.717) is 12.8 Å². The molecular weight excluding hydrogens is 366 g/mol. The number of hydrogen-bond donors (Lipinski definition) is 2. The molecule has 5 nitrogen and oxygen atoms in total. The zero-order valence-corrected chi connectivity index (χ0v) is 17.3. The molecule has 0 aliphatic carbocycles. The fraction of sp³-hybridized carbons (Fsp3) is 0.375.